The molecule has 0 aromatic heterocycles. The average molecular weight is 276 g/mol. The Bertz CT molecular complexity index is 458. The highest BCUT2D eigenvalue weighted by Gasteiger charge is 2.27. The van der Waals surface area contributed by atoms with Gasteiger partial charge < -0.3 is 15.7 Å². The first-order valence-electron chi connectivity index (χ1n) is 7.28. The van der Waals surface area contributed by atoms with Gasteiger partial charge in [-0.25, -0.2) is 0 Å². The van der Waals surface area contributed by atoms with Crippen LogP contribution in [0.2, 0.25) is 0 Å². The lowest BCUT2D eigenvalue weighted by molar-refractivity contribution is -0.135. The van der Waals surface area contributed by atoms with E-state index in [1.54, 1.807) is 0 Å². The summed E-state index contributed by atoms with van der Waals surface area (Å²) in [7, 11) is 0. The van der Waals surface area contributed by atoms with Crippen LogP contribution in [0.25, 0.3) is 0 Å². The van der Waals surface area contributed by atoms with E-state index in [4.69, 9.17) is 5.73 Å². The molecule has 4 nitrogen and oxygen atoms in total. The highest BCUT2D eigenvalue weighted by molar-refractivity contribution is 5.77. The van der Waals surface area contributed by atoms with E-state index in [0.29, 0.717) is 25.9 Å². The maximum Gasteiger partial charge on any atom is 0.223 e. The molecule has 0 radical (unpaired) electrons. The van der Waals surface area contributed by atoms with Crippen LogP contribution >= 0.6 is 0 Å². The molecule has 0 spiro atoms. The number of aliphatic hydroxyl groups is 1. The minimum absolute atomic E-state index is 0.166. The maximum atomic E-state index is 12.3. The first-order valence-corrected chi connectivity index (χ1v) is 7.28. The van der Waals surface area contributed by atoms with Crippen LogP contribution in [0.3, 0.4) is 0 Å². The Kier molecular flexibility index (Phi) is 4.65. The standard InChI is InChI=1S/C16H24N2O2/c1-11(13-3-5-14(17)6-4-13)9-16(20)18-8-7-15(19)12(2)10-18/h3-6,11-12,15,19H,7-10,17H2,1-2H3. The Hall–Kier alpha value is -1.55. The van der Waals surface area contributed by atoms with E-state index in [1.165, 1.54) is 0 Å². The lowest BCUT2D eigenvalue weighted by Gasteiger charge is -2.35. The number of benzene rings is 1. The first-order chi connectivity index (χ1) is 9.47. The van der Waals surface area contributed by atoms with Gasteiger partial charge in [0.2, 0.25) is 5.91 Å². The number of hydrogen-bond donors (Lipinski definition) is 2. The quantitative estimate of drug-likeness (QED) is 0.830. The number of nitrogens with two attached hydrogens (primary N) is 1. The molecule has 1 heterocycles. The third kappa shape index (κ3) is 3.51. The van der Waals surface area contributed by atoms with Gasteiger partial charge in [-0.2, -0.15) is 0 Å². The number of nitrogen functional groups attached to an aromatic ring is 1. The van der Waals surface area contributed by atoms with Crippen molar-refractivity contribution in [3.05, 3.63) is 29.8 Å². The van der Waals surface area contributed by atoms with Gasteiger partial charge in [-0.3, -0.25) is 4.79 Å². The van der Waals surface area contributed by atoms with Crippen molar-refractivity contribution in [2.45, 2.75) is 38.7 Å². The zero-order valence-corrected chi connectivity index (χ0v) is 12.2. The molecular formula is C16H24N2O2. The number of anilines is 1. The van der Waals surface area contributed by atoms with Crippen LogP contribution in [0.15, 0.2) is 24.3 Å². The van der Waals surface area contributed by atoms with Crippen LogP contribution in [0.4, 0.5) is 5.69 Å². The summed E-state index contributed by atoms with van der Waals surface area (Å²) in [5.74, 6) is 0.526. The molecule has 20 heavy (non-hydrogen) atoms. The molecule has 1 aromatic carbocycles. The normalized spacial score (nSPS) is 24.4. The molecule has 1 aliphatic heterocycles. The van der Waals surface area contributed by atoms with E-state index in [9.17, 15) is 9.90 Å². The molecule has 2 rings (SSSR count). The summed E-state index contributed by atoms with van der Waals surface area (Å²) in [6.07, 6.45) is 0.921. The highest BCUT2D eigenvalue weighted by atomic mass is 16.3. The zero-order chi connectivity index (χ0) is 14.7. The van der Waals surface area contributed by atoms with Crippen LogP contribution in [0, 0.1) is 5.92 Å². The van der Waals surface area contributed by atoms with Gasteiger partial charge in [-0.05, 0) is 36.0 Å². The van der Waals surface area contributed by atoms with Crippen LogP contribution in [0.1, 0.15) is 38.2 Å². The summed E-state index contributed by atoms with van der Waals surface area (Å²) >= 11 is 0. The molecule has 1 fully saturated rings. The van der Waals surface area contributed by atoms with E-state index in [2.05, 4.69) is 6.92 Å². The van der Waals surface area contributed by atoms with E-state index in [-0.39, 0.29) is 23.8 Å². The van der Waals surface area contributed by atoms with Crippen molar-refractivity contribution in [1.29, 1.82) is 0 Å². The molecule has 1 amide bonds. The summed E-state index contributed by atoms with van der Waals surface area (Å²) < 4.78 is 0. The number of carbonyl (C=O) groups is 1. The van der Waals surface area contributed by atoms with Gasteiger partial charge in [0.1, 0.15) is 0 Å². The Morgan fingerprint density at radius 1 is 1.45 bits per heavy atom. The van der Waals surface area contributed by atoms with Gasteiger partial charge in [0, 0.05) is 25.2 Å². The number of nitrogens with zero attached hydrogens (tertiary/aromatic N) is 1. The fourth-order valence-corrected chi connectivity index (χ4v) is 2.69. The third-order valence-corrected chi connectivity index (χ3v) is 4.20. The number of rotatable bonds is 3. The second-order valence-corrected chi connectivity index (χ2v) is 5.94. The number of hydrogen-bond acceptors (Lipinski definition) is 3. The fraction of sp³-hybridized carbons (Fsp3) is 0.562. The molecule has 1 aliphatic rings. The molecule has 3 N–H and O–H groups in total. The van der Waals surface area contributed by atoms with Crippen molar-refractivity contribution in [2.75, 3.05) is 18.8 Å². The van der Waals surface area contributed by atoms with E-state index in [1.807, 2.05) is 36.1 Å². The molecule has 4 heteroatoms. The second-order valence-electron chi connectivity index (χ2n) is 5.94. The maximum absolute atomic E-state index is 12.3. The summed E-state index contributed by atoms with van der Waals surface area (Å²) in [4.78, 5) is 14.2. The average Bonchev–Trinajstić information content (AvgIpc) is 2.42. The van der Waals surface area contributed by atoms with Crippen molar-refractivity contribution < 1.29 is 9.90 Å². The Morgan fingerprint density at radius 2 is 2.10 bits per heavy atom. The number of carbonyl (C=O) groups excluding carboxylic acids is 1. The summed E-state index contributed by atoms with van der Waals surface area (Å²) in [6.45, 7) is 5.38. The second kappa shape index (κ2) is 6.27. The molecule has 1 saturated heterocycles. The number of likely N-dealkylation sites (tertiary alicyclic amines) is 1. The van der Waals surface area contributed by atoms with Crippen LogP contribution < -0.4 is 5.73 Å². The van der Waals surface area contributed by atoms with Gasteiger partial charge >= 0.3 is 0 Å². The molecule has 3 unspecified atom stereocenters. The fourth-order valence-electron chi connectivity index (χ4n) is 2.69. The van der Waals surface area contributed by atoms with Gasteiger partial charge in [0.05, 0.1) is 6.10 Å². The highest BCUT2D eigenvalue weighted by Crippen LogP contribution is 2.23. The van der Waals surface area contributed by atoms with Crippen molar-refractivity contribution in [3.8, 4) is 0 Å². The van der Waals surface area contributed by atoms with E-state index >= 15 is 0 Å². The van der Waals surface area contributed by atoms with Crippen molar-refractivity contribution in [1.82, 2.24) is 4.90 Å². The van der Waals surface area contributed by atoms with Crippen LogP contribution in [0.5, 0.6) is 0 Å². The predicted molar refractivity (Wildman–Crippen MR) is 80.3 cm³/mol. The molecule has 3 atom stereocenters. The van der Waals surface area contributed by atoms with Gasteiger partial charge in [-0.1, -0.05) is 26.0 Å². The molecule has 0 aliphatic carbocycles. The molecule has 0 saturated carbocycles. The minimum Gasteiger partial charge on any atom is -0.399 e. The number of amides is 1. The monoisotopic (exact) mass is 276 g/mol. The molecule has 110 valence electrons. The Labute approximate surface area is 120 Å². The molecule has 0 bridgehead atoms. The Morgan fingerprint density at radius 3 is 2.70 bits per heavy atom. The van der Waals surface area contributed by atoms with Gasteiger partial charge in [0.15, 0.2) is 0 Å². The first kappa shape index (κ1) is 14.9. The summed E-state index contributed by atoms with van der Waals surface area (Å²) in [6, 6.07) is 7.71. The largest absolute Gasteiger partial charge is 0.399 e. The SMILES string of the molecule is CC(CC(=O)N1CCC(O)C(C)C1)c1ccc(N)cc1. The number of aliphatic hydroxyl groups excluding tert-OH is 1. The topological polar surface area (TPSA) is 66.6 Å². The van der Waals surface area contributed by atoms with E-state index < -0.39 is 0 Å². The van der Waals surface area contributed by atoms with Crippen LogP contribution in [-0.2, 0) is 4.79 Å². The Balaban J connectivity index is 1.92. The zero-order valence-electron chi connectivity index (χ0n) is 12.2. The van der Waals surface area contributed by atoms with Gasteiger partial charge in [0.25, 0.3) is 0 Å². The number of piperidine rings is 1. The summed E-state index contributed by atoms with van der Waals surface area (Å²) in [5.41, 5.74) is 7.55. The smallest absolute Gasteiger partial charge is 0.223 e. The molecule has 1 aromatic rings. The van der Waals surface area contributed by atoms with Crippen molar-refractivity contribution >= 4 is 11.6 Å². The van der Waals surface area contributed by atoms with Crippen LogP contribution in [-0.4, -0.2) is 35.1 Å². The van der Waals surface area contributed by atoms with Crippen molar-refractivity contribution in [3.63, 3.8) is 0 Å². The minimum atomic E-state index is -0.270. The lowest BCUT2D eigenvalue weighted by Crippen LogP contribution is -2.45. The van der Waals surface area contributed by atoms with E-state index in [0.717, 1.165) is 11.3 Å². The lowest BCUT2D eigenvalue weighted by atomic mass is 9.94. The third-order valence-electron chi connectivity index (χ3n) is 4.20. The molecular weight excluding hydrogens is 252 g/mol. The predicted octanol–water partition coefficient (Wildman–Crippen LogP) is 1.99. The summed E-state index contributed by atoms with van der Waals surface area (Å²) in [5, 5.41) is 9.71. The van der Waals surface area contributed by atoms with Gasteiger partial charge in [-0.15, -0.1) is 0 Å². The van der Waals surface area contributed by atoms with Crippen molar-refractivity contribution in [2.24, 2.45) is 5.92 Å².